The molecular formula is C18H18ClNO5. The second-order valence-corrected chi connectivity index (χ2v) is 5.31. The molecule has 0 aliphatic rings. The topological polar surface area (TPSA) is 76.1 Å². The van der Waals surface area contributed by atoms with Crippen molar-refractivity contribution in [1.82, 2.24) is 0 Å². The maximum Gasteiger partial charge on any atom is 0.419 e. The number of hydrogen-bond donors (Lipinski definition) is 1. The minimum Gasteiger partial charge on any atom is -0.490 e. The molecule has 0 saturated heterocycles. The summed E-state index contributed by atoms with van der Waals surface area (Å²) in [6, 6.07) is 10.8. The van der Waals surface area contributed by atoms with Gasteiger partial charge >= 0.3 is 6.09 Å². The molecule has 25 heavy (non-hydrogen) atoms. The molecule has 0 atom stereocenters. The fourth-order valence-electron chi connectivity index (χ4n) is 2.25. The van der Waals surface area contributed by atoms with Crippen LogP contribution in [0.5, 0.6) is 11.5 Å². The van der Waals surface area contributed by atoms with Crippen molar-refractivity contribution in [1.29, 1.82) is 0 Å². The Morgan fingerprint density at radius 3 is 2.28 bits per heavy atom. The monoisotopic (exact) mass is 363 g/mol. The van der Waals surface area contributed by atoms with E-state index < -0.39 is 12.0 Å². The summed E-state index contributed by atoms with van der Waals surface area (Å²) in [5, 5.41) is 9.71. The van der Waals surface area contributed by atoms with Crippen molar-refractivity contribution in [3.63, 3.8) is 0 Å². The molecule has 0 aromatic heterocycles. The van der Waals surface area contributed by atoms with Gasteiger partial charge in [0, 0.05) is 6.07 Å². The average Bonchev–Trinajstić information content (AvgIpc) is 2.57. The van der Waals surface area contributed by atoms with Crippen molar-refractivity contribution in [2.75, 3.05) is 18.1 Å². The molecular weight excluding hydrogens is 346 g/mol. The molecule has 0 spiro atoms. The zero-order valence-corrected chi connectivity index (χ0v) is 14.6. The number of carbonyl (C=O) groups is 2. The Bertz CT molecular complexity index is 778. The van der Waals surface area contributed by atoms with Crippen LogP contribution in [0, 0.1) is 0 Å². The average molecular weight is 364 g/mol. The lowest BCUT2D eigenvalue weighted by Gasteiger charge is -2.20. The Labute approximate surface area is 150 Å². The summed E-state index contributed by atoms with van der Waals surface area (Å²) < 4.78 is 10.9. The Morgan fingerprint density at radius 2 is 1.68 bits per heavy atom. The summed E-state index contributed by atoms with van der Waals surface area (Å²) in [6.07, 6.45) is -1.42. The Morgan fingerprint density at radius 1 is 1.04 bits per heavy atom. The minimum absolute atomic E-state index is 0.0958. The molecule has 0 aliphatic heterocycles. The van der Waals surface area contributed by atoms with Crippen molar-refractivity contribution < 1.29 is 24.2 Å². The van der Waals surface area contributed by atoms with E-state index in [0.717, 1.165) is 0 Å². The van der Waals surface area contributed by atoms with E-state index in [9.17, 15) is 14.7 Å². The van der Waals surface area contributed by atoms with Gasteiger partial charge in [0.25, 0.3) is 5.91 Å². The summed E-state index contributed by atoms with van der Waals surface area (Å²) in [4.78, 5) is 25.0. The van der Waals surface area contributed by atoms with Crippen LogP contribution in [0.4, 0.5) is 10.5 Å². The number of ether oxygens (including phenoxy) is 2. The lowest BCUT2D eigenvalue weighted by molar-refractivity contribution is 0.0983. The van der Waals surface area contributed by atoms with Gasteiger partial charge in [-0.2, -0.15) is 0 Å². The number of carbonyl (C=O) groups excluding carboxylic acids is 1. The maximum atomic E-state index is 12.7. The molecule has 0 fully saturated rings. The number of hydrogen-bond acceptors (Lipinski definition) is 4. The van der Waals surface area contributed by atoms with Gasteiger partial charge in [-0.1, -0.05) is 23.7 Å². The van der Waals surface area contributed by atoms with Crippen molar-refractivity contribution in [2.24, 2.45) is 0 Å². The van der Waals surface area contributed by atoms with Gasteiger partial charge < -0.3 is 14.6 Å². The smallest absolute Gasteiger partial charge is 0.419 e. The zero-order valence-electron chi connectivity index (χ0n) is 13.9. The van der Waals surface area contributed by atoms with Crippen LogP contribution in [-0.4, -0.2) is 30.3 Å². The predicted molar refractivity (Wildman–Crippen MR) is 95.1 cm³/mol. The van der Waals surface area contributed by atoms with Crippen molar-refractivity contribution in [2.45, 2.75) is 13.8 Å². The van der Waals surface area contributed by atoms with Crippen molar-refractivity contribution >= 4 is 29.3 Å². The summed E-state index contributed by atoms with van der Waals surface area (Å²) in [5.41, 5.74) is 0.239. The van der Waals surface area contributed by atoms with Gasteiger partial charge in [0.2, 0.25) is 0 Å². The van der Waals surface area contributed by atoms with Gasteiger partial charge in [0.1, 0.15) is 0 Å². The predicted octanol–water partition coefficient (Wildman–Crippen LogP) is 4.46. The van der Waals surface area contributed by atoms with Crippen LogP contribution in [0.1, 0.15) is 24.2 Å². The summed E-state index contributed by atoms with van der Waals surface area (Å²) in [7, 11) is 0. The van der Waals surface area contributed by atoms with Crippen molar-refractivity contribution in [3.8, 4) is 11.5 Å². The molecule has 2 rings (SSSR count). The Hall–Kier alpha value is -2.73. The van der Waals surface area contributed by atoms with Gasteiger partial charge in [-0.3, -0.25) is 4.79 Å². The fraction of sp³-hybridized carbons (Fsp3) is 0.222. The number of anilines is 1. The number of benzene rings is 2. The SMILES string of the molecule is CCOc1ccc(N(C(=O)O)C(=O)c2ccccc2Cl)cc1OCC. The zero-order chi connectivity index (χ0) is 18.4. The summed E-state index contributed by atoms with van der Waals surface area (Å²) in [6.45, 7) is 4.43. The highest BCUT2D eigenvalue weighted by Crippen LogP contribution is 2.33. The van der Waals surface area contributed by atoms with Gasteiger partial charge in [0.15, 0.2) is 11.5 Å². The van der Waals surface area contributed by atoms with Gasteiger partial charge in [-0.15, -0.1) is 0 Å². The number of rotatable bonds is 6. The summed E-state index contributed by atoms with van der Waals surface area (Å²) >= 11 is 6.02. The van der Waals surface area contributed by atoms with E-state index in [2.05, 4.69) is 0 Å². The molecule has 0 unspecified atom stereocenters. The van der Waals surface area contributed by atoms with Crippen LogP contribution < -0.4 is 14.4 Å². The normalized spacial score (nSPS) is 10.2. The van der Waals surface area contributed by atoms with Crippen LogP contribution in [0.3, 0.4) is 0 Å². The van der Waals surface area contributed by atoms with E-state index >= 15 is 0 Å². The van der Waals surface area contributed by atoms with E-state index in [1.54, 1.807) is 25.1 Å². The van der Waals surface area contributed by atoms with Gasteiger partial charge in [-0.25, -0.2) is 9.69 Å². The molecule has 1 N–H and O–H groups in total. The van der Waals surface area contributed by atoms with Crippen LogP contribution >= 0.6 is 11.6 Å². The number of amides is 2. The van der Waals surface area contributed by atoms with E-state index in [0.29, 0.717) is 29.6 Å². The molecule has 6 nitrogen and oxygen atoms in total. The standard InChI is InChI=1S/C18H18ClNO5/c1-3-24-15-10-9-12(11-16(15)25-4-2)20(18(22)23)17(21)13-7-5-6-8-14(13)19/h5-11H,3-4H2,1-2H3,(H,22,23). The Kier molecular flexibility index (Phi) is 6.25. The van der Waals surface area contributed by atoms with Crippen LogP contribution in [-0.2, 0) is 0 Å². The highest BCUT2D eigenvalue weighted by molar-refractivity contribution is 6.35. The number of carboxylic acid groups (broad SMARTS) is 1. The molecule has 0 radical (unpaired) electrons. The number of imide groups is 1. The van der Waals surface area contributed by atoms with E-state index in [4.69, 9.17) is 21.1 Å². The van der Waals surface area contributed by atoms with Gasteiger partial charge in [0.05, 0.1) is 29.5 Å². The van der Waals surface area contributed by atoms with Crippen LogP contribution in [0.2, 0.25) is 5.02 Å². The third-order valence-electron chi connectivity index (χ3n) is 3.28. The summed E-state index contributed by atoms with van der Waals surface area (Å²) in [5.74, 6) is 0.0911. The van der Waals surface area contributed by atoms with Crippen LogP contribution in [0.25, 0.3) is 0 Å². The molecule has 0 saturated carbocycles. The first-order chi connectivity index (χ1) is 12.0. The number of nitrogens with zero attached hydrogens (tertiary/aromatic N) is 1. The fourth-order valence-corrected chi connectivity index (χ4v) is 2.47. The van der Waals surface area contributed by atoms with Crippen LogP contribution in [0.15, 0.2) is 42.5 Å². The molecule has 0 heterocycles. The molecule has 0 aliphatic carbocycles. The number of halogens is 1. The molecule has 2 aromatic carbocycles. The lowest BCUT2D eigenvalue weighted by atomic mass is 10.1. The molecule has 132 valence electrons. The highest BCUT2D eigenvalue weighted by atomic mass is 35.5. The molecule has 0 bridgehead atoms. The van der Waals surface area contributed by atoms with Gasteiger partial charge in [-0.05, 0) is 38.1 Å². The molecule has 7 heteroatoms. The minimum atomic E-state index is -1.42. The third kappa shape index (κ3) is 4.22. The Balaban J connectivity index is 2.47. The second kappa shape index (κ2) is 8.39. The van der Waals surface area contributed by atoms with Crippen molar-refractivity contribution in [3.05, 3.63) is 53.1 Å². The molecule has 2 aromatic rings. The lowest BCUT2D eigenvalue weighted by Crippen LogP contribution is -2.36. The highest BCUT2D eigenvalue weighted by Gasteiger charge is 2.26. The third-order valence-corrected chi connectivity index (χ3v) is 3.61. The van der Waals surface area contributed by atoms with E-state index in [1.807, 2.05) is 6.92 Å². The first-order valence-electron chi connectivity index (χ1n) is 7.71. The first-order valence-corrected chi connectivity index (χ1v) is 8.08. The second-order valence-electron chi connectivity index (χ2n) is 4.90. The first kappa shape index (κ1) is 18.6. The molecule has 2 amide bonds. The largest absolute Gasteiger partial charge is 0.490 e. The van der Waals surface area contributed by atoms with E-state index in [-0.39, 0.29) is 16.3 Å². The quantitative estimate of drug-likeness (QED) is 0.819. The maximum absolute atomic E-state index is 12.7. The van der Waals surface area contributed by atoms with E-state index in [1.165, 1.54) is 24.3 Å².